The van der Waals surface area contributed by atoms with Crippen molar-refractivity contribution in [3.63, 3.8) is 0 Å². The minimum absolute atomic E-state index is 0.535. The number of para-hydroxylation sites is 4. The normalized spacial score (nSPS) is 9.90. The minimum atomic E-state index is -1.38. The van der Waals surface area contributed by atoms with E-state index in [4.69, 9.17) is 8.83 Å². The van der Waals surface area contributed by atoms with Crippen molar-refractivity contribution in [2.24, 2.45) is 7.05 Å². The first-order valence-corrected chi connectivity index (χ1v) is 60.7. The molecule has 0 spiro atoms. The molecule has 6 heterocycles. The number of benzene rings is 19. The fraction of sp³-hybridized carbons (Fsp3) is 0.248. The first-order valence-electron chi connectivity index (χ1n) is 55.2. The van der Waals surface area contributed by atoms with Gasteiger partial charge < -0.3 is 13.4 Å². The molecule has 0 aliphatic carbocycles. The molecule has 0 bridgehead atoms. The van der Waals surface area contributed by atoms with Gasteiger partial charge in [-0.3, -0.25) is 0 Å². The van der Waals surface area contributed by atoms with Crippen molar-refractivity contribution >= 4 is 205 Å². The molecular weight excluding hydrogens is 1880 g/mol. The Morgan fingerprint density at radius 2 is 0.456 bits per heavy atom. The molecule has 1 aliphatic heterocycles. The molecule has 25 rings (SSSR count). The van der Waals surface area contributed by atoms with E-state index in [2.05, 4.69) is 364 Å². The van der Waals surface area contributed by atoms with Crippen LogP contribution in [0.25, 0.3) is 172 Å². The van der Waals surface area contributed by atoms with Crippen molar-refractivity contribution in [1.29, 1.82) is 0 Å². The molecule has 774 valence electrons. The Bertz CT molecular complexity index is 6870. The van der Waals surface area contributed by atoms with Gasteiger partial charge in [0.05, 0.1) is 0 Å². The van der Waals surface area contributed by atoms with Crippen LogP contribution in [0.15, 0.2) is 433 Å². The maximum Gasteiger partial charge on any atom is 0.135 e. The van der Waals surface area contributed by atoms with Crippen LogP contribution < -0.4 is 10.4 Å². The van der Waals surface area contributed by atoms with Gasteiger partial charge in [0, 0.05) is 70.6 Å². The summed E-state index contributed by atoms with van der Waals surface area (Å²) < 4.78 is 19.5. The zero-order valence-corrected chi connectivity index (χ0v) is 99.7. The summed E-state index contributed by atoms with van der Waals surface area (Å²) >= 11 is 2.40. The van der Waals surface area contributed by atoms with E-state index in [9.17, 15) is 0 Å². The molecule has 147 heavy (non-hydrogen) atoms. The number of furan rings is 2. The zero-order valence-electron chi connectivity index (χ0n) is 96.1. The number of aryl methyl sites for hydroxylation is 1. The second-order valence-corrected chi connectivity index (χ2v) is 37.0. The Kier molecular flexibility index (Phi) is 67.2. The molecule has 0 saturated heterocycles. The van der Waals surface area contributed by atoms with Crippen molar-refractivity contribution in [2.45, 2.75) is 235 Å². The topological polar surface area (TPSA) is 31.2 Å². The van der Waals surface area contributed by atoms with E-state index in [-0.39, 0.29) is 0 Å². The van der Waals surface area contributed by atoms with Crippen LogP contribution in [-0.2, 0) is 7.05 Å². The third-order valence-corrected chi connectivity index (χ3v) is 29.0. The van der Waals surface area contributed by atoms with E-state index in [0.29, 0.717) is 14.5 Å². The third-order valence-electron chi connectivity index (χ3n) is 21.9. The monoisotopic (exact) mass is 2060 g/mol. The molecule has 0 unspecified atom stereocenters. The quantitative estimate of drug-likeness (QED) is 0.0981. The van der Waals surface area contributed by atoms with Crippen LogP contribution >= 0.6 is 11.3 Å². The number of hydrogen-bond donors (Lipinski definition) is 0. The van der Waals surface area contributed by atoms with E-state index in [1.54, 1.807) is 10.4 Å². The van der Waals surface area contributed by atoms with Gasteiger partial charge in [-0.25, -0.2) is 0 Å². The molecule has 3 nitrogen and oxygen atoms in total. The number of nitrogens with zero attached hydrogens (tertiary/aromatic N) is 1. The second kappa shape index (κ2) is 76.2. The van der Waals surface area contributed by atoms with Gasteiger partial charge in [0.2, 0.25) is 0 Å². The smallest absolute Gasteiger partial charge is 0.135 e. The first-order chi connectivity index (χ1) is 72.8. The maximum absolute atomic E-state index is 5.81. The average Bonchev–Trinajstić information content (AvgIpc) is 1.62. The van der Waals surface area contributed by atoms with Crippen LogP contribution in [-0.4, -0.2) is 27.1 Å². The largest absolute Gasteiger partial charge is 0.456 e. The van der Waals surface area contributed by atoms with E-state index in [1.165, 1.54) is 148 Å². The van der Waals surface area contributed by atoms with Crippen LogP contribution in [0.1, 0.15) is 233 Å². The van der Waals surface area contributed by atoms with Gasteiger partial charge in [-0.2, -0.15) is 0 Å². The van der Waals surface area contributed by atoms with Gasteiger partial charge in [0.25, 0.3) is 0 Å². The molecule has 0 fully saturated rings. The summed E-state index contributed by atoms with van der Waals surface area (Å²) in [5, 5.41) is 26.9. The Labute approximate surface area is 899 Å². The molecule has 0 N–H and O–H groups in total. The molecule has 0 saturated carbocycles. The Hall–Kier alpha value is -13.4. The Morgan fingerprint density at radius 1 is 0.204 bits per heavy atom. The average molecular weight is 2060 g/mol. The first kappa shape index (κ1) is 130. The molecule has 0 radical (unpaired) electrons. The van der Waals surface area contributed by atoms with Crippen LogP contribution in [0.5, 0.6) is 0 Å². The van der Waals surface area contributed by atoms with Gasteiger partial charge >= 0.3 is 82.3 Å². The summed E-state index contributed by atoms with van der Waals surface area (Å²) in [6.07, 6.45) is 4.24. The number of thiophene rings is 1. The fourth-order valence-electron chi connectivity index (χ4n) is 16.3. The minimum Gasteiger partial charge on any atom is -0.456 e. The Balaban J connectivity index is 0.000000546. The van der Waals surface area contributed by atoms with Crippen molar-refractivity contribution in [3.8, 4) is 11.1 Å². The molecule has 0 atom stereocenters. The van der Waals surface area contributed by atoms with Gasteiger partial charge in [0.15, 0.2) is 0 Å². The number of rotatable bonds is 2. The Morgan fingerprint density at radius 3 is 0.816 bits per heavy atom. The summed E-state index contributed by atoms with van der Waals surface area (Å²) in [7, 11) is 0.734. The molecule has 5 aromatic heterocycles. The zero-order chi connectivity index (χ0) is 109. The number of hydrogen-bond acceptors (Lipinski definition) is 3. The van der Waals surface area contributed by atoms with Gasteiger partial charge in [0.1, 0.15) is 30.4 Å². The van der Waals surface area contributed by atoms with Crippen molar-refractivity contribution < 1.29 is 8.83 Å². The van der Waals surface area contributed by atoms with Crippen molar-refractivity contribution in [1.82, 2.24) is 4.57 Å². The summed E-state index contributed by atoms with van der Waals surface area (Å²) in [5.74, 6) is 0. The van der Waals surface area contributed by atoms with Crippen LogP contribution in [0.3, 0.4) is 0 Å². The molecule has 6 heteroatoms. The SMILES string of the molecule is C(=C\c1ccccc1)/c1ccccc1.CC.CC.CC.CC.CC.CC.CC.CC.CC.CC.CC.CC.CC.CC.CC.CC.C[Si]1(C)c2ccccc2-c2ccccc21.Cn1c2ccccc2c2ccccc21.c1cc2ccc3cccc4oc(c1)c2c34.c1ccc2c(c1)[se]c1ccccc12.c1ccc2c(c1)ccc1c3ccccc3ccc21.c1ccc2c(c1)oc1ccccc12.c1ccc2c(c1)sc1ccccc12. The maximum atomic E-state index is 5.81. The van der Waals surface area contributed by atoms with Crippen LogP contribution in [0.4, 0.5) is 0 Å². The fourth-order valence-corrected chi connectivity index (χ4v) is 22.8. The summed E-state index contributed by atoms with van der Waals surface area (Å²) in [6, 6.07) is 149. The standard InChI is InChI=1S/C18H12.C14H8O.C14H14Si.C14H12.C13H11N.C12H8O.C12H8S.C12H8Se.16C2H6/c1-3-7-15-13(5-1)9-11-18-16-8-4-2-6-14(16)10-12-17(15)18;1-3-9-7-8-10-4-2-6-12-14(10)13(9)11(5-1)15-12;1-15(2)13-9-5-3-7-11(13)12-8-4-6-10-14(12)15;1-3-7-13(8-4-1)11-12-14-9-5-2-6-10-14;1-14-12-8-4-2-6-10(12)11-7-3-5-9-13(11)14;3*1-3-7-11-9(5-1)10-6-2-4-8-12(10)13-11;16*1-2/h1-12H;1-8H;3-10H,1-2H3;1-12H;2-9H,1H3;3*1-8H;16*1-2H3/b;;;12-11+;;;;;;;;;;;;;;;;;;;;. The third kappa shape index (κ3) is 34.9. The van der Waals surface area contributed by atoms with Crippen molar-refractivity contribution in [3.05, 3.63) is 436 Å². The second-order valence-electron chi connectivity index (χ2n) is 29.3. The molecule has 19 aromatic carbocycles. The molecule has 0 amide bonds. The summed E-state index contributed by atoms with van der Waals surface area (Å²) in [4.78, 5) is 0. The summed E-state index contributed by atoms with van der Waals surface area (Å²) in [5.41, 5.74) is 11.9. The van der Waals surface area contributed by atoms with E-state index >= 15 is 0 Å². The van der Waals surface area contributed by atoms with E-state index in [1.807, 2.05) is 330 Å². The van der Waals surface area contributed by atoms with Crippen molar-refractivity contribution in [2.75, 3.05) is 0 Å². The molecular formula is C141H177NO2SSeSi. The van der Waals surface area contributed by atoms with Crippen LogP contribution in [0.2, 0.25) is 13.1 Å². The predicted molar refractivity (Wildman–Crippen MR) is 685 cm³/mol. The number of aromatic nitrogens is 1. The predicted octanol–water partition coefficient (Wildman–Crippen LogP) is 46.1. The summed E-state index contributed by atoms with van der Waals surface area (Å²) in [6.45, 7) is 68.9. The molecule has 24 aromatic rings. The van der Waals surface area contributed by atoms with Crippen LogP contribution in [0, 0.1) is 0 Å². The van der Waals surface area contributed by atoms with Gasteiger partial charge in [-0.15, -0.1) is 11.3 Å². The van der Waals surface area contributed by atoms with Gasteiger partial charge in [-0.05, 0) is 124 Å². The van der Waals surface area contributed by atoms with Gasteiger partial charge in [-0.1, -0.05) is 574 Å². The number of fused-ring (bicyclic) bond motifs is 20. The van der Waals surface area contributed by atoms with E-state index < -0.39 is 8.07 Å². The van der Waals surface area contributed by atoms with E-state index in [0.717, 1.165) is 22.3 Å². The molecule has 1 aliphatic rings.